The molecule has 0 aromatic carbocycles. The van der Waals surface area contributed by atoms with Gasteiger partial charge in [0.2, 0.25) is 5.91 Å². The van der Waals surface area contributed by atoms with E-state index in [4.69, 9.17) is 5.11 Å². The number of hydrogen-bond donors (Lipinski definition) is 3. The zero-order valence-electron chi connectivity index (χ0n) is 10.4. The van der Waals surface area contributed by atoms with E-state index in [-0.39, 0.29) is 24.5 Å². The van der Waals surface area contributed by atoms with Crippen LogP contribution in [-0.2, 0) is 4.79 Å². The molecule has 0 rings (SSSR count). The number of unbranched alkanes of at least 4 members (excludes halogenated alkanes) is 1. The Bertz CT molecular complexity index is 183. The molecule has 0 aliphatic rings. The molecule has 0 radical (unpaired) electrons. The predicted molar refractivity (Wildman–Crippen MR) is 64.0 cm³/mol. The molecule has 16 heavy (non-hydrogen) atoms. The van der Waals surface area contributed by atoms with E-state index in [2.05, 4.69) is 12.2 Å². The van der Waals surface area contributed by atoms with Crippen molar-refractivity contribution in [1.29, 1.82) is 0 Å². The number of aliphatic hydroxyl groups is 2. The first-order valence-corrected chi connectivity index (χ1v) is 6.18. The fraction of sp³-hybridized carbons (Fsp3) is 0.917. The molecule has 0 spiro atoms. The van der Waals surface area contributed by atoms with Crippen LogP contribution in [0.4, 0.5) is 0 Å². The minimum atomic E-state index is -0.352. The molecule has 0 unspecified atom stereocenters. The number of carbonyl (C=O) groups is 1. The molecular formula is C12H25NO3. The zero-order chi connectivity index (χ0) is 12.4. The van der Waals surface area contributed by atoms with Crippen LogP contribution in [0.15, 0.2) is 0 Å². The molecule has 96 valence electrons. The van der Waals surface area contributed by atoms with Gasteiger partial charge >= 0.3 is 0 Å². The fourth-order valence-corrected chi connectivity index (χ4v) is 1.62. The molecule has 3 N–H and O–H groups in total. The van der Waals surface area contributed by atoms with E-state index < -0.39 is 0 Å². The largest absolute Gasteiger partial charge is 0.395 e. The lowest BCUT2D eigenvalue weighted by Gasteiger charge is -2.16. The zero-order valence-corrected chi connectivity index (χ0v) is 10.4. The summed E-state index contributed by atoms with van der Waals surface area (Å²) in [5.74, 6) is -0.0238. The van der Waals surface area contributed by atoms with Gasteiger partial charge in [-0.1, -0.05) is 19.8 Å². The lowest BCUT2D eigenvalue weighted by molar-refractivity contribution is -0.125. The Kier molecular flexibility index (Phi) is 9.24. The summed E-state index contributed by atoms with van der Waals surface area (Å²) in [4.78, 5) is 11.7. The van der Waals surface area contributed by atoms with Gasteiger partial charge in [-0.3, -0.25) is 4.79 Å². The second-order valence-electron chi connectivity index (χ2n) is 4.28. The van der Waals surface area contributed by atoms with E-state index in [1.807, 2.05) is 0 Å². The van der Waals surface area contributed by atoms with Gasteiger partial charge in [-0.15, -0.1) is 0 Å². The van der Waals surface area contributed by atoms with Gasteiger partial charge < -0.3 is 15.5 Å². The average Bonchev–Trinajstić information content (AvgIpc) is 2.25. The Hall–Kier alpha value is -0.610. The predicted octanol–water partition coefficient (Wildman–Crippen LogP) is 1.06. The van der Waals surface area contributed by atoms with Crippen molar-refractivity contribution in [2.24, 2.45) is 5.92 Å². The summed E-state index contributed by atoms with van der Waals surface area (Å²) < 4.78 is 0. The minimum Gasteiger partial charge on any atom is -0.395 e. The quantitative estimate of drug-likeness (QED) is 0.556. The molecular weight excluding hydrogens is 206 g/mol. The van der Waals surface area contributed by atoms with E-state index >= 15 is 0 Å². The van der Waals surface area contributed by atoms with Crippen LogP contribution in [0.25, 0.3) is 0 Å². The van der Waals surface area contributed by atoms with Crippen LogP contribution in [0.1, 0.15) is 46.0 Å². The third-order valence-corrected chi connectivity index (χ3v) is 2.62. The standard InChI is InChI=1S/C12H25NO3/c1-3-4-5-11(7-6-10(2)15)12(16)13-8-9-14/h10-11,14-15H,3-9H2,1-2H3,(H,13,16)/t10-,11+/m0/s1. The number of carbonyl (C=O) groups excluding carboxylic acids is 1. The molecule has 0 bridgehead atoms. The Balaban J connectivity index is 4.01. The molecule has 4 heteroatoms. The summed E-state index contributed by atoms with van der Waals surface area (Å²) in [6, 6.07) is 0. The highest BCUT2D eigenvalue weighted by atomic mass is 16.3. The van der Waals surface area contributed by atoms with E-state index in [1.54, 1.807) is 6.92 Å². The van der Waals surface area contributed by atoms with E-state index in [0.29, 0.717) is 13.0 Å². The fourth-order valence-electron chi connectivity index (χ4n) is 1.62. The van der Waals surface area contributed by atoms with Crippen molar-refractivity contribution in [2.45, 2.75) is 52.1 Å². The van der Waals surface area contributed by atoms with Gasteiger partial charge in [0, 0.05) is 12.5 Å². The lowest BCUT2D eigenvalue weighted by Crippen LogP contribution is -2.33. The number of nitrogens with one attached hydrogen (secondary N) is 1. The summed E-state index contributed by atoms with van der Waals surface area (Å²) in [6.45, 7) is 4.12. The van der Waals surface area contributed by atoms with Crippen molar-refractivity contribution in [1.82, 2.24) is 5.32 Å². The van der Waals surface area contributed by atoms with Crippen molar-refractivity contribution < 1.29 is 15.0 Å². The number of amides is 1. The molecule has 0 aromatic heterocycles. The van der Waals surface area contributed by atoms with Crippen molar-refractivity contribution in [3.63, 3.8) is 0 Å². The monoisotopic (exact) mass is 231 g/mol. The second-order valence-corrected chi connectivity index (χ2v) is 4.28. The van der Waals surface area contributed by atoms with Crippen molar-refractivity contribution in [3.05, 3.63) is 0 Å². The molecule has 0 aliphatic heterocycles. The van der Waals surface area contributed by atoms with Gasteiger partial charge in [0.1, 0.15) is 0 Å². The van der Waals surface area contributed by atoms with Crippen molar-refractivity contribution >= 4 is 5.91 Å². The molecule has 0 fully saturated rings. The maximum atomic E-state index is 11.7. The third-order valence-electron chi connectivity index (χ3n) is 2.62. The van der Waals surface area contributed by atoms with Gasteiger partial charge in [-0.25, -0.2) is 0 Å². The van der Waals surface area contributed by atoms with Crippen LogP contribution in [0.2, 0.25) is 0 Å². The molecule has 2 atom stereocenters. The Morgan fingerprint density at radius 2 is 2.00 bits per heavy atom. The average molecular weight is 231 g/mol. The number of rotatable bonds is 9. The van der Waals surface area contributed by atoms with Gasteiger partial charge in [0.05, 0.1) is 12.7 Å². The van der Waals surface area contributed by atoms with Crippen LogP contribution in [0.5, 0.6) is 0 Å². The van der Waals surface area contributed by atoms with Crippen LogP contribution < -0.4 is 5.32 Å². The van der Waals surface area contributed by atoms with Gasteiger partial charge in [-0.05, 0) is 26.2 Å². The summed E-state index contributed by atoms with van der Waals surface area (Å²) in [5, 5.41) is 20.5. The third kappa shape index (κ3) is 7.65. The lowest BCUT2D eigenvalue weighted by atomic mass is 9.94. The highest BCUT2D eigenvalue weighted by Gasteiger charge is 2.17. The molecule has 0 aliphatic carbocycles. The molecule has 0 saturated carbocycles. The van der Waals surface area contributed by atoms with Crippen molar-refractivity contribution in [2.75, 3.05) is 13.2 Å². The SMILES string of the molecule is CCCC[C@H](CC[C@H](C)O)C(=O)NCCO. The molecule has 0 heterocycles. The molecule has 0 aromatic rings. The Labute approximate surface area is 98.1 Å². The maximum absolute atomic E-state index is 11.7. The topological polar surface area (TPSA) is 69.6 Å². The first kappa shape index (κ1) is 15.4. The van der Waals surface area contributed by atoms with E-state index in [9.17, 15) is 9.90 Å². The molecule has 4 nitrogen and oxygen atoms in total. The summed E-state index contributed by atoms with van der Waals surface area (Å²) in [7, 11) is 0. The van der Waals surface area contributed by atoms with E-state index in [0.717, 1.165) is 25.7 Å². The maximum Gasteiger partial charge on any atom is 0.223 e. The van der Waals surface area contributed by atoms with Crippen LogP contribution >= 0.6 is 0 Å². The Morgan fingerprint density at radius 1 is 1.31 bits per heavy atom. The summed E-state index contributed by atoms with van der Waals surface area (Å²) in [6.07, 6.45) is 3.97. The smallest absolute Gasteiger partial charge is 0.223 e. The summed E-state index contributed by atoms with van der Waals surface area (Å²) >= 11 is 0. The normalized spacial score (nSPS) is 14.5. The molecule has 0 saturated heterocycles. The van der Waals surface area contributed by atoms with E-state index in [1.165, 1.54) is 0 Å². The van der Waals surface area contributed by atoms with Gasteiger partial charge in [0.25, 0.3) is 0 Å². The van der Waals surface area contributed by atoms with Crippen LogP contribution in [-0.4, -0.2) is 35.4 Å². The highest BCUT2D eigenvalue weighted by molar-refractivity contribution is 5.78. The summed E-state index contributed by atoms with van der Waals surface area (Å²) in [5.41, 5.74) is 0. The van der Waals surface area contributed by atoms with Crippen molar-refractivity contribution in [3.8, 4) is 0 Å². The first-order chi connectivity index (χ1) is 7.61. The Morgan fingerprint density at radius 3 is 2.50 bits per heavy atom. The first-order valence-electron chi connectivity index (χ1n) is 6.18. The van der Waals surface area contributed by atoms with Crippen LogP contribution in [0.3, 0.4) is 0 Å². The number of hydrogen-bond acceptors (Lipinski definition) is 3. The van der Waals surface area contributed by atoms with Gasteiger partial charge in [-0.2, -0.15) is 0 Å². The molecule has 1 amide bonds. The van der Waals surface area contributed by atoms with Gasteiger partial charge in [0.15, 0.2) is 0 Å². The van der Waals surface area contributed by atoms with Crippen LogP contribution in [0, 0.1) is 5.92 Å². The second kappa shape index (κ2) is 9.60. The highest BCUT2D eigenvalue weighted by Crippen LogP contribution is 2.16. The minimum absolute atomic E-state index is 0.00292. The number of aliphatic hydroxyl groups excluding tert-OH is 2.